The van der Waals surface area contributed by atoms with Gasteiger partial charge in [-0.15, -0.1) is 12.6 Å². The second-order valence-electron chi connectivity index (χ2n) is 2.80. The standard InChI is InChI=1S/C8H17O4SSi/c1-6(9-2)7(10-3,11-4)8(13,14)12-5/h6,13H,1-5H3. The molecule has 0 aliphatic rings. The van der Waals surface area contributed by atoms with E-state index in [2.05, 4.69) is 22.9 Å². The summed E-state index contributed by atoms with van der Waals surface area (Å²) in [5, 5.41) is 0. The van der Waals surface area contributed by atoms with Crippen LogP contribution in [0.5, 0.6) is 0 Å². The summed E-state index contributed by atoms with van der Waals surface area (Å²) in [5.74, 6) is -1.13. The maximum absolute atomic E-state index is 5.30. The van der Waals surface area contributed by atoms with E-state index in [1.54, 1.807) is 14.0 Å². The van der Waals surface area contributed by atoms with Gasteiger partial charge in [0.05, 0.1) is 10.2 Å². The molecule has 83 valence electrons. The van der Waals surface area contributed by atoms with Crippen LogP contribution >= 0.6 is 12.6 Å². The molecule has 2 atom stereocenters. The fourth-order valence-electron chi connectivity index (χ4n) is 1.26. The largest absolute Gasteiger partial charge is 0.376 e. The maximum atomic E-state index is 5.30. The third-order valence-electron chi connectivity index (χ3n) is 2.26. The Morgan fingerprint density at radius 1 is 1.07 bits per heavy atom. The van der Waals surface area contributed by atoms with Crippen molar-refractivity contribution < 1.29 is 18.9 Å². The Labute approximate surface area is 94.1 Å². The Morgan fingerprint density at radius 2 is 1.50 bits per heavy atom. The van der Waals surface area contributed by atoms with Gasteiger partial charge in [-0.25, -0.2) is 0 Å². The first-order chi connectivity index (χ1) is 6.41. The fourth-order valence-corrected chi connectivity index (χ4v) is 2.04. The third kappa shape index (κ3) is 2.32. The molecule has 3 radical (unpaired) electrons. The lowest BCUT2D eigenvalue weighted by Crippen LogP contribution is -2.61. The van der Waals surface area contributed by atoms with E-state index in [0.29, 0.717) is 0 Å². The summed E-state index contributed by atoms with van der Waals surface area (Å²) in [5.41, 5.74) is 0. The normalized spacial score (nSPS) is 19.1. The van der Waals surface area contributed by atoms with Gasteiger partial charge >= 0.3 is 0 Å². The number of hydrogen-bond acceptors (Lipinski definition) is 5. The van der Waals surface area contributed by atoms with Crippen molar-refractivity contribution in [1.82, 2.24) is 0 Å². The van der Waals surface area contributed by atoms with E-state index in [1.807, 2.05) is 0 Å². The Morgan fingerprint density at radius 3 is 1.71 bits per heavy atom. The van der Waals surface area contributed by atoms with Gasteiger partial charge in [-0.05, 0) is 6.92 Å². The topological polar surface area (TPSA) is 36.9 Å². The van der Waals surface area contributed by atoms with E-state index in [9.17, 15) is 0 Å². The zero-order valence-corrected chi connectivity index (χ0v) is 11.1. The molecule has 0 amide bonds. The molecule has 14 heavy (non-hydrogen) atoms. The van der Waals surface area contributed by atoms with E-state index in [0.717, 1.165) is 0 Å². The summed E-state index contributed by atoms with van der Waals surface area (Å²) in [4.78, 5) is 0. The highest BCUT2D eigenvalue weighted by Crippen LogP contribution is 2.34. The van der Waals surface area contributed by atoms with Crippen LogP contribution in [0.25, 0.3) is 0 Å². The molecular formula is C8H17O4SSi. The lowest BCUT2D eigenvalue weighted by atomic mass is 10.1. The van der Waals surface area contributed by atoms with Crippen LogP contribution in [-0.4, -0.2) is 55.1 Å². The minimum atomic E-state index is -1.13. The van der Waals surface area contributed by atoms with Gasteiger partial charge < -0.3 is 18.9 Å². The van der Waals surface area contributed by atoms with Crippen molar-refractivity contribution in [3.05, 3.63) is 0 Å². The van der Waals surface area contributed by atoms with Crippen LogP contribution in [0.4, 0.5) is 0 Å². The van der Waals surface area contributed by atoms with Crippen molar-refractivity contribution in [2.45, 2.75) is 23.4 Å². The third-order valence-corrected chi connectivity index (χ3v) is 3.31. The number of thiol groups is 1. The molecule has 0 saturated carbocycles. The Balaban J connectivity index is 5.05. The van der Waals surface area contributed by atoms with Gasteiger partial charge in [0, 0.05) is 28.4 Å². The van der Waals surface area contributed by atoms with Gasteiger partial charge in [-0.1, -0.05) is 0 Å². The smallest absolute Gasteiger partial charge is 0.229 e. The van der Waals surface area contributed by atoms with Gasteiger partial charge in [-0.2, -0.15) is 0 Å². The molecule has 2 unspecified atom stereocenters. The SMILES string of the molecule is COC(C)C(OC)(OC)C([Si])(S)OC. The van der Waals surface area contributed by atoms with E-state index in [4.69, 9.17) is 18.9 Å². The number of methoxy groups -OCH3 is 4. The molecular weight excluding hydrogens is 220 g/mol. The van der Waals surface area contributed by atoms with Crippen LogP contribution in [0.3, 0.4) is 0 Å². The Hall–Kier alpha value is 0.407. The highest BCUT2D eigenvalue weighted by Gasteiger charge is 2.52. The van der Waals surface area contributed by atoms with Gasteiger partial charge in [0.25, 0.3) is 0 Å². The highest BCUT2D eigenvalue weighted by atomic mass is 32.1. The molecule has 6 heteroatoms. The molecule has 0 aromatic rings. The Kier molecular flexibility index (Phi) is 5.64. The van der Waals surface area contributed by atoms with Crippen molar-refractivity contribution in [3.63, 3.8) is 0 Å². The van der Waals surface area contributed by atoms with E-state index < -0.39 is 10.3 Å². The van der Waals surface area contributed by atoms with Crippen LogP contribution in [0.15, 0.2) is 0 Å². The first-order valence-corrected chi connectivity index (χ1v) is 5.02. The van der Waals surface area contributed by atoms with Crippen LogP contribution in [-0.2, 0) is 18.9 Å². The summed E-state index contributed by atoms with van der Waals surface area (Å²) in [6.07, 6.45) is -0.354. The lowest BCUT2D eigenvalue weighted by molar-refractivity contribution is -0.298. The number of rotatable bonds is 6. The summed E-state index contributed by atoms with van der Waals surface area (Å²) >= 11 is 4.28. The summed E-state index contributed by atoms with van der Waals surface area (Å²) in [6, 6.07) is 0. The van der Waals surface area contributed by atoms with Crippen LogP contribution in [0.2, 0.25) is 0 Å². The van der Waals surface area contributed by atoms with Crippen molar-refractivity contribution in [3.8, 4) is 0 Å². The summed E-state index contributed by atoms with van der Waals surface area (Å²) < 4.78 is 19.8. The van der Waals surface area contributed by atoms with Crippen molar-refractivity contribution >= 4 is 22.9 Å². The maximum Gasteiger partial charge on any atom is 0.229 e. The van der Waals surface area contributed by atoms with Crippen LogP contribution in [0.1, 0.15) is 6.92 Å². The molecule has 0 aromatic heterocycles. The summed E-state index contributed by atoms with van der Waals surface area (Å²) in [7, 11) is 9.39. The average Bonchev–Trinajstić information content (AvgIpc) is 2.19. The van der Waals surface area contributed by atoms with Crippen molar-refractivity contribution in [1.29, 1.82) is 0 Å². The predicted octanol–water partition coefficient (Wildman–Crippen LogP) is 0.409. The molecule has 0 spiro atoms. The minimum Gasteiger partial charge on any atom is -0.376 e. The molecule has 0 rings (SSSR count). The molecule has 0 fully saturated rings. The minimum absolute atomic E-state index is 0.354. The molecule has 0 heterocycles. The molecule has 0 saturated heterocycles. The van der Waals surface area contributed by atoms with Crippen molar-refractivity contribution in [2.75, 3.05) is 28.4 Å². The molecule has 0 bridgehead atoms. The first kappa shape index (κ1) is 14.4. The predicted molar refractivity (Wildman–Crippen MR) is 57.7 cm³/mol. The van der Waals surface area contributed by atoms with E-state index >= 15 is 0 Å². The molecule has 0 N–H and O–H groups in total. The first-order valence-electron chi connectivity index (χ1n) is 4.07. The van der Waals surface area contributed by atoms with Gasteiger partial charge in [0.2, 0.25) is 5.79 Å². The van der Waals surface area contributed by atoms with E-state index in [-0.39, 0.29) is 6.10 Å². The highest BCUT2D eigenvalue weighted by molar-refractivity contribution is 7.83. The van der Waals surface area contributed by atoms with Gasteiger partial charge in [-0.3, -0.25) is 0 Å². The average molecular weight is 237 g/mol. The van der Waals surface area contributed by atoms with Crippen molar-refractivity contribution in [2.24, 2.45) is 0 Å². The monoisotopic (exact) mass is 237 g/mol. The van der Waals surface area contributed by atoms with E-state index in [1.165, 1.54) is 21.3 Å². The van der Waals surface area contributed by atoms with Crippen LogP contribution in [0, 0.1) is 0 Å². The quantitative estimate of drug-likeness (QED) is 0.412. The molecule has 0 aliphatic heterocycles. The molecule has 4 nitrogen and oxygen atoms in total. The lowest BCUT2D eigenvalue weighted by Gasteiger charge is -2.45. The van der Waals surface area contributed by atoms with Crippen LogP contribution < -0.4 is 0 Å². The summed E-state index contributed by atoms with van der Waals surface area (Å²) in [6.45, 7) is 1.80. The zero-order valence-electron chi connectivity index (χ0n) is 9.16. The van der Waals surface area contributed by atoms with Gasteiger partial charge in [0.1, 0.15) is 10.7 Å². The molecule has 0 aromatic carbocycles. The second kappa shape index (κ2) is 5.48. The zero-order chi connectivity index (χ0) is 11.4. The second-order valence-corrected chi connectivity index (χ2v) is 4.56. The van der Waals surface area contributed by atoms with Gasteiger partial charge in [0.15, 0.2) is 0 Å². The fraction of sp³-hybridized carbons (Fsp3) is 1.00. The number of hydrogen-bond donors (Lipinski definition) is 1. The Bertz CT molecular complexity index is 173. The molecule has 0 aliphatic carbocycles. The number of ether oxygens (including phenoxy) is 4.